The zero-order valence-corrected chi connectivity index (χ0v) is 27.3. The zero-order chi connectivity index (χ0) is 31.7. The molecule has 0 saturated carbocycles. The van der Waals surface area contributed by atoms with Gasteiger partial charge in [-0.25, -0.2) is 0 Å². The average Bonchev–Trinajstić information content (AvgIpc) is 3.40. The van der Waals surface area contributed by atoms with Crippen LogP contribution in [-0.4, -0.2) is 9.67 Å². The number of fused-ring (bicyclic) bond motifs is 3. The van der Waals surface area contributed by atoms with Crippen LogP contribution in [0.2, 0.25) is 0 Å². The molecular weight excluding hydrogens is 548 g/mol. The SMILES string of the molecule is Cc1ccc2ccccc2c1-c1c(O)c(-[n+]2cn(-c3cc(C(C)(C)C)cc(C(C)(C)C)c3)c3ccccc32)cc2ccccc12. The predicted octanol–water partition coefficient (Wildman–Crippen LogP) is 10.5. The van der Waals surface area contributed by atoms with E-state index in [9.17, 15) is 5.11 Å². The van der Waals surface area contributed by atoms with E-state index in [1.165, 1.54) is 11.1 Å². The maximum atomic E-state index is 12.4. The summed E-state index contributed by atoms with van der Waals surface area (Å²) in [6, 6.07) is 38.7. The fourth-order valence-corrected chi connectivity index (χ4v) is 6.60. The van der Waals surface area contributed by atoms with Gasteiger partial charge in [-0.2, -0.15) is 9.13 Å². The number of hydrogen-bond acceptors (Lipinski definition) is 1. The van der Waals surface area contributed by atoms with Crippen molar-refractivity contribution in [3.05, 3.63) is 132 Å². The minimum Gasteiger partial charge on any atom is -0.503 e. The van der Waals surface area contributed by atoms with Crippen molar-refractivity contribution in [3.63, 3.8) is 0 Å². The maximum absolute atomic E-state index is 12.4. The van der Waals surface area contributed by atoms with E-state index in [1.807, 2.05) is 0 Å². The lowest BCUT2D eigenvalue weighted by atomic mass is 9.80. The third-order valence-electron chi connectivity index (χ3n) is 9.21. The van der Waals surface area contributed by atoms with Gasteiger partial charge in [-0.05, 0) is 91.9 Å². The Hall–Kier alpha value is -4.89. The van der Waals surface area contributed by atoms with Crippen molar-refractivity contribution in [3.8, 4) is 28.3 Å². The van der Waals surface area contributed by atoms with Crippen molar-refractivity contribution in [1.82, 2.24) is 4.57 Å². The van der Waals surface area contributed by atoms with Crippen molar-refractivity contribution in [2.24, 2.45) is 0 Å². The number of phenolic OH excluding ortho intramolecular Hbond substituents is 1. The maximum Gasteiger partial charge on any atom is 0.255 e. The molecule has 1 N–H and O–H groups in total. The normalized spacial score (nSPS) is 12.4. The van der Waals surface area contributed by atoms with Gasteiger partial charge < -0.3 is 5.11 Å². The largest absolute Gasteiger partial charge is 0.503 e. The van der Waals surface area contributed by atoms with Gasteiger partial charge in [-0.3, -0.25) is 0 Å². The summed E-state index contributed by atoms with van der Waals surface area (Å²) in [6.07, 6.45) is 2.14. The first kappa shape index (κ1) is 28.9. The Morgan fingerprint density at radius 1 is 0.600 bits per heavy atom. The molecule has 3 heteroatoms. The van der Waals surface area contributed by atoms with Crippen LogP contribution in [0.4, 0.5) is 0 Å². The molecule has 1 heterocycles. The van der Waals surface area contributed by atoms with Crippen LogP contribution >= 0.6 is 0 Å². The molecule has 224 valence electrons. The van der Waals surface area contributed by atoms with E-state index in [4.69, 9.17) is 0 Å². The Bertz CT molecular complexity index is 2220. The molecule has 7 aromatic rings. The van der Waals surface area contributed by atoms with Gasteiger partial charge in [0.15, 0.2) is 22.5 Å². The highest BCUT2D eigenvalue weighted by Crippen LogP contribution is 2.44. The lowest BCUT2D eigenvalue weighted by Crippen LogP contribution is -2.29. The molecule has 0 aliphatic heterocycles. The summed E-state index contributed by atoms with van der Waals surface area (Å²) in [5.41, 5.74) is 9.66. The number of aromatic nitrogens is 2. The summed E-state index contributed by atoms with van der Waals surface area (Å²) in [7, 11) is 0. The summed E-state index contributed by atoms with van der Waals surface area (Å²) in [4.78, 5) is 0. The van der Waals surface area contributed by atoms with Crippen molar-refractivity contribution >= 4 is 32.6 Å². The van der Waals surface area contributed by atoms with Crippen LogP contribution in [0.15, 0.2) is 116 Å². The lowest BCUT2D eigenvalue weighted by Gasteiger charge is -2.25. The number of imidazole rings is 1. The zero-order valence-electron chi connectivity index (χ0n) is 27.3. The quantitative estimate of drug-likeness (QED) is 0.204. The van der Waals surface area contributed by atoms with E-state index in [2.05, 4.69) is 173 Å². The highest BCUT2D eigenvalue weighted by Gasteiger charge is 2.28. The predicted molar refractivity (Wildman–Crippen MR) is 189 cm³/mol. The van der Waals surface area contributed by atoms with Crippen LogP contribution in [-0.2, 0) is 10.8 Å². The molecule has 0 saturated heterocycles. The summed E-state index contributed by atoms with van der Waals surface area (Å²) < 4.78 is 4.43. The number of rotatable bonds is 3. The van der Waals surface area contributed by atoms with E-state index in [0.29, 0.717) is 0 Å². The molecule has 3 nitrogen and oxygen atoms in total. The first-order chi connectivity index (χ1) is 21.4. The second-order valence-corrected chi connectivity index (χ2v) is 14.4. The van der Waals surface area contributed by atoms with E-state index >= 15 is 0 Å². The van der Waals surface area contributed by atoms with Crippen LogP contribution < -0.4 is 4.57 Å². The van der Waals surface area contributed by atoms with Crippen molar-refractivity contribution < 1.29 is 9.67 Å². The molecule has 7 rings (SSSR count). The molecule has 6 aromatic carbocycles. The highest BCUT2D eigenvalue weighted by atomic mass is 16.3. The molecule has 0 atom stereocenters. The van der Waals surface area contributed by atoms with Crippen LogP contribution in [0.3, 0.4) is 0 Å². The third kappa shape index (κ3) is 4.88. The van der Waals surface area contributed by atoms with Crippen molar-refractivity contribution in [2.45, 2.75) is 59.3 Å². The van der Waals surface area contributed by atoms with Crippen molar-refractivity contribution in [1.29, 1.82) is 0 Å². The van der Waals surface area contributed by atoms with E-state index < -0.39 is 0 Å². The number of nitrogens with zero attached hydrogens (tertiary/aromatic N) is 2. The Kier molecular flexibility index (Phi) is 6.63. The number of aryl methyl sites for hydroxylation is 1. The van der Waals surface area contributed by atoms with Gasteiger partial charge in [0.25, 0.3) is 6.33 Å². The minimum absolute atomic E-state index is 0.00320. The third-order valence-corrected chi connectivity index (χ3v) is 9.21. The summed E-state index contributed by atoms with van der Waals surface area (Å²) in [6.45, 7) is 15.8. The number of hydrogen-bond donors (Lipinski definition) is 1. The lowest BCUT2D eigenvalue weighted by molar-refractivity contribution is -0.568. The van der Waals surface area contributed by atoms with Crippen molar-refractivity contribution in [2.75, 3.05) is 0 Å². The number of aromatic hydroxyl groups is 1. The summed E-state index contributed by atoms with van der Waals surface area (Å²) in [5, 5.41) is 16.8. The standard InChI is InChI=1S/C42H40N2O/c1-27-20-21-28-14-8-10-16-33(28)38(27)39-34-17-11-9-15-29(34)22-37(40(39)45)44-26-43(35-18-12-13-19-36(35)44)32-24-30(41(2,3)4)23-31(25-32)42(5,6)7/h8-26H,1-7H3/p+1. The molecule has 0 amide bonds. The van der Waals surface area contributed by atoms with Crippen LogP contribution in [0.1, 0.15) is 58.2 Å². The first-order valence-electron chi connectivity index (χ1n) is 15.8. The Labute approximate surface area is 266 Å². The van der Waals surface area contributed by atoms with E-state index in [1.54, 1.807) is 0 Å². The topological polar surface area (TPSA) is 29.0 Å². The van der Waals surface area contributed by atoms with E-state index in [0.717, 1.165) is 60.6 Å². The highest BCUT2D eigenvalue weighted by molar-refractivity contribution is 6.09. The molecule has 0 radical (unpaired) electrons. The molecule has 0 fully saturated rings. The molecule has 0 unspecified atom stereocenters. The van der Waals surface area contributed by atoms with Crippen LogP contribution in [0.5, 0.6) is 5.75 Å². The average molecular weight is 590 g/mol. The molecule has 0 aliphatic rings. The van der Waals surface area contributed by atoms with Gasteiger partial charge in [0, 0.05) is 5.56 Å². The number of benzene rings is 6. The molecule has 45 heavy (non-hydrogen) atoms. The molecule has 1 aromatic heterocycles. The fraction of sp³-hybridized carbons (Fsp3) is 0.214. The molecule has 0 bridgehead atoms. The second-order valence-electron chi connectivity index (χ2n) is 14.4. The smallest absolute Gasteiger partial charge is 0.255 e. The Morgan fingerprint density at radius 2 is 1.18 bits per heavy atom. The first-order valence-corrected chi connectivity index (χ1v) is 15.8. The van der Waals surface area contributed by atoms with Gasteiger partial charge in [-0.1, -0.05) is 120 Å². The molecule has 0 spiro atoms. The van der Waals surface area contributed by atoms with Gasteiger partial charge >= 0.3 is 0 Å². The van der Waals surface area contributed by atoms with Gasteiger partial charge in [-0.15, -0.1) is 0 Å². The summed E-state index contributed by atoms with van der Waals surface area (Å²) in [5.74, 6) is 0.278. The molecule has 0 aliphatic carbocycles. The Balaban J connectivity index is 1.55. The molecular formula is C42H41N2O+. The number of para-hydroxylation sites is 2. The Morgan fingerprint density at radius 3 is 1.84 bits per heavy atom. The van der Waals surface area contributed by atoms with E-state index in [-0.39, 0.29) is 16.6 Å². The summed E-state index contributed by atoms with van der Waals surface area (Å²) >= 11 is 0. The van der Waals surface area contributed by atoms with Gasteiger partial charge in [0.1, 0.15) is 5.69 Å². The number of phenols is 1. The second kappa shape index (κ2) is 10.3. The van der Waals surface area contributed by atoms with Gasteiger partial charge in [0.2, 0.25) is 0 Å². The van der Waals surface area contributed by atoms with Crippen LogP contribution in [0, 0.1) is 6.92 Å². The van der Waals surface area contributed by atoms with Crippen LogP contribution in [0.25, 0.3) is 55.1 Å². The minimum atomic E-state index is -0.00320. The monoisotopic (exact) mass is 589 g/mol. The fourth-order valence-electron chi connectivity index (χ4n) is 6.60. The van der Waals surface area contributed by atoms with Gasteiger partial charge in [0.05, 0.1) is 0 Å².